The first-order valence-electron chi connectivity index (χ1n) is 10.2. The van der Waals surface area contributed by atoms with Crippen molar-refractivity contribution in [1.82, 2.24) is 9.88 Å². The number of hydrogen-bond donors (Lipinski definition) is 1. The van der Waals surface area contributed by atoms with Crippen LogP contribution in [0.15, 0.2) is 51.8 Å². The molecule has 4 rings (SSSR count). The van der Waals surface area contributed by atoms with Crippen molar-refractivity contribution < 1.29 is 19.1 Å². The molecule has 1 saturated heterocycles. The first-order valence-corrected chi connectivity index (χ1v) is 10.2. The van der Waals surface area contributed by atoms with Gasteiger partial charge in [0, 0.05) is 24.7 Å². The quantitative estimate of drug-likeness (QED) is 0.511. The molecule has 1 N–H and O–H groups in total. The predicted octanol–water partition coefficient (Wildman–Crippen LogP) is 3.34. The zero-order chi connectivity index (χ0) is 21.1. The van der Waals surface area contributed by atoms with Crippen molar-refractivity contribution in [3.63, 3.8) is 0 Å². The first kappa shape index (κ1) is 20.1. The SMILES string of the molecule is CCOC(=O)C1CCCN(Cc2c(O)ccc3cc(-c4ccccn4)c(=O)oc23)C1. The van der Waals surface area contributed by atoms with E-state index >= 15 is 0 Å². The van der Waals surface area contributed by atoms with Gasteiger partial charge in [0.2, 0.25) is 0 Å². The molecular formula is C23H24N2O5. The van der Waals surface area contributed by atoms with Gasteiger partial charge in [0.25, 0.3) is 0 Å². The van der Waals surface area contributed by atoms with E-state index in [4.69, 9.17) is 9.15 Å². The van der Waals surface area contributed by atoms with Crippen LogP contribution in [0.4, 0.5) is 0 Å². The number of phenols is 1. The van der Waals surface area contributed by atoms with Gasteiger partial charge in [0.1, 0.15) is 11.3 Å². The van der Waals surface area contributed by atoms with Crippen LogP contribution >= 0.6 is 0 Å². The molecule has 1 atom stereocenters. The van der Waals surface area contributed by atoms with E-state index in [-0.39, 0.29) is 17.6 Å². The highest BCUT2D eigenvalue weighted by atomic mass is 16.5. The van der Waals surface area contributed by atoms with Crippen LogP contribution in [0.3, 0.4) is 0 Å². The van der Waals surface area contributed by atoms with Gasteiger partial charge in [-0.05, 0) is 56.6 Å². The number of nitrogens with zero attached hydrogens (tertiary/aromatic N) is 2. The van der Waals surface area contributed by atoms with Gasteiger partial charge in [-0.3, -0.25) is 14.7 Å². The van der Waals surface area contributed by atoms with E-state index < -0.39 is 5.63 Å². The average Bonchev–Trinajstić information content (AvgIpc) is 2.76. The van der Waals surface area contributed by atoms with E-state index in [1.54, 1.807) is 43.5 Å². The summed E-state index contributed by atoms with van der Waals surface area (Å²) in [7, 11) is 0. The Bertz CT molecular complexity index is 1110. The van der Waals surface area contributed by atoms with E-state index in [1.165, 1.54) is 0 Å². The fourth-order valence-electron chi connectivity index (χ4n) is 3.96. The molecule has 1 unspecified atom stereocenters. The Morgan fingerprint density at radius 3 is 2.97 bits per heavy atom. The summed E-state index contributed by atoms with van der Waals surface area (Å²) in [6.45, 7) is 3.88. The number of esters is 1. The molecule has 1 aromatic carbocycles. The standard InChI is InChI=1S/C23H24N2O5/c1-2-29-22(27)16-6-5-11-25(13-16)14-18-20(26)9-8-15-12-17(23(28)30-21(15)18)19-7-3-4-10-24-19/h3-4,7-10,12,16,26H,2,5-6,11,13-14H2,1H3. The number of piperidine rings is 1. The molecule has 3 heterocycles. The monoisotopic (exact) mass is 408 g/mol. The molecule has 1 aliphatic heterocycles. The highest BCUT2D eigenvalue weighted by molar-refractivity contribution is 5.85. The average molecular weight is 408 g/mol. The molecule has 3 aromatic rings. The first-order chi connectivity index (χ1) is 14.6. The lowest BCUT2D eigenvalue weighted by Crippen LogP contribution is -2.39. The number of ether oxygens (including phenoxy) is 1. The van der Waals surface area contributed by atoms with Gasteiger partial charge < -0.3 is 14.3 Å². The number of pyridine rings is 1. The zero-order valence-corrected chi connectivity index (χ0v) is 16.8. The van der Waals surface area contributed by atoms with Crippen LogP contribution in [0.2, 0.25) is 0 Å². The molecule has 1 aliphatic rings. The van der Waals surface area contributed by atoms with Crippen molar-refractivity contribution in [1.29, 1.82) is 0 Å². The molecule has 7 heteroatoms. The Balaban J connectivity index is 1.66. The number of aromatic nitrogens is 1. The van der Waals surface area contributed by atoms with Crippen LogP contribution in [0.5, 0.6) is 5.75 Å². The molecule has 0 saturated carbocycles. The minimum atomic E-state index is -0.504. The fraction of sp³-hybridized carbons (Fsp3) is 0.348. The lowest BCUT2D eigenvalue weighted by Gasteiger charge is -2.31. The second-order valence-electron chi connectivity index (χ2n) is 7.47. The van der Waals surface area contributed by atoms with Gasteiger partial charge >= 0.3 is 11.6 Å². The summed E-state index contributed by atoms with van der Waals surface area (Å²) in [5.74, 6) is -0.302. The van der Waals surface area contributed by atoms with Crippen LogP contribution in [0.1, 0.15) is 25.3 Å². The Hall–Kier alpha value is -3.19. The number of rotatable bonds is 5. The molecule has 156 valence electrons. The molecule has 0 radical (unpaired) electrons. The molecule has 0 amide bonds. The summed E-state index contributed by atoms with van der Waals surface area (Å²) in [4.78, 5) is 31.1. The maximum Gasteiger partial charge on any atom is 0.345 e. The number of hydrogen-bond acceptors (Lipinski definition) is 7. The molecule has 7 nitrogen and oxygen atoms in total. The fourth-order valence-corrected chi connectivity index (χ4v) is 3.96. The van der Waals surface area contributed by atoms with Crippen molar-refractivity contribution in [3.8, 4) is 17.0 Å². The summed E-state index contributed by atoms with van der Waals surface area (Å²) in [5.41, 5.74) is 1.31. The molecular weight excluding hydrogens is 384 g/mol. The van der Waals surface area contributed by atoms with E-state index in [9.17, 15) is 14.7 Å². The molecule has 0 aliphatic carbocycles. The van der Waals surface area contributed by atoms with Crippen LogP contribution in [0.25, 0.3) is 22.2 Å². The third-order valence-corrected chi connectivity index (χ3v) is 5.43. The van der Waals surface area contributed by atoms with Crippen molar-refractivity contribution in [2.75, 3.05) is 19.7 Å². The highest BCUT2D eigenvalue weighted by Gasteiger charge is 2.28. The van der Waals surface area contributed by atoms with E-state index in [1.807, 2.05) is 6.07 Å². The lowest BCUT2D eigenvalue weighted by molar-refractivity contribution is -0.150. The molecule has 30 heavy (non-hydrogen) atoms. The smallest absolute Gasteiger partial charge is 0.345 e. The molecule has 1 fully saturated rings. The maximum atomic E-state index is 12.6. The normalized spacial score (nSPS) is 17.2. The molecule has 0 spiro atoms. The van der Waals surface area contributed by atoms with Crippen LogP contribution in [0, 0.1) is 5.92 Å². The van der Waals surface area contributed by atoms with Gasteiger partial charge in [-0.2, -0.15) is 0 Å². The Labute approximate surface area is 173 Å². The number of fused-ring (bicyclic) bond motifs is 1. The van der Waals surface area contributed by atoms with E-state index in [0.717, 1.165) is 19.4 Å². The van der Waals surface area contributed by atoms with Gasteiger partial charge in [-0.15, -0.1) is 0 Å². The molecule has 2 aromatic heterocycles. The van der Waals surface area contributed by atoms with Crippen molar-refractivity contribution in [2.24, 2.45) is 5.92 Å². The summed E-state index contributed by atoms with van der Waals surface area (Å²) in [5, 5.41) is 11.2. The van der Waals surface area contributed by atoms with Crippen LogP contribution < -0.4 is 5.63 Å². The summed E-state index contributed by atoms with van der Waals surface area (Å²) in [6.07, 6.45) is 3.28. The number of carbonyl (C=O) groups excluding carboxylic acids is 1. The van der Waals surface area contributed by atoms with Crippen molar-refractivity contribution in [3.05, 3.63) is 58.6 Å². The second kappa shape index (κ2) is 8.67. The Kier molecular flexibility index (Phi) is 5.81. The van der Waals surface area contributed by atoms with Gasteiger partial charge in [-0.1, -0.05) is 6.07 Å². The number of likely N-dealkylation sites (tertiary alicyclic amines) is 1. The highest BCUT2D eigenvalue weighted by Crippen LogP contribution is 2.31. The third kappa shape index (κ3) is 4.07. The van der Waals surface area contributed by atoms with Crippen LogP contribution in [-0.4, -0.2) is 40.7 Å². The van der Waals surface area contributed by atoms with Gasteiger partial charge in [0.15, 0.2) is 0 Å². The molecule has 0 bridgehead atoms. The summed E-state index contributed by atoms with van der Waals surface area (Å²) in [6, 6.07) is 10.4. The second-order valence-corrected chi connectivity index (χ2v) is 7.47. The summed E-state index contributed by atoms with van der Waals surface area (Å²) >= 11 is 0. The topological polar surface area (TPSA) is 92.9 Å². The lowest BCUT2D eigenvalue weighted by atomic mass is 9.97. The third-order valence-electron chi connectivity index (χ3n) is 5.43. The largest absolute Gasteiger partial charge is 0.507 e. The minimum absolute atomic E-state index is 0.0643. The zero-order valence-electron chi connectivity index (χ0n) is 16.8. The van der Waals surface area contributed by atoms with Gasteiger partial charge in [-0.25, -0.2) is 4.79 Å². The number of phenolic OH excluding ortho intramolecular Hbond substituents is 1. The van der Waals surface area contributed by atoms with Crippen molar-refractivity contribution >= 4 is 16.9 Å². The minimum Gasteiger partial charge on any atom is -0.507 e. The van der Waals surface area contributed by atoms with E-state index in [0.29, 0.717) is 47.5 Å². The number of carbonyl (C=O) groups is 1. The summed E-state index contributed by atoms with van der Waals surface area (Å²) < 4.78 is 10.8. The Morgan fingerprint density at radius 2 is 2.20 bits per heavy atom. The maximum absolute atomic E-state index is 12.6. The number of aromatic hydroxyl groups is 1. The number of benzene rings is 1. The van der Waals surface area contributed by atoms with Crippen LogP contribution in [-0.2, 0) is 16.1 Å². The van der Waals surface area contributed by atoms with E-state index in [2.05, 4.69) is 9.88 Å². The Morgan fingerprint density at radius 1 is 1.33 bits per heavy atom. The predicted molar refractivity (Wildman–Crippen MR) is 112 cm³/mol. The van der Waals surface area contributed by atoms with Crippen molar-refractivity contribution in [2.45, 2.75) is 26.3 Å². The van der Waals surface area contributed by atoms with Gasteiger partial charge in [0.05, 0.1) is 29.3 Å².